The largest absolute Gasteiger partial charge is 0.465 e. The summed E-state index contributed by atoms with van der Waals surface area (Å²) in [5.41, 5.74) is 1.75. The summed E-state index contributed by atoms with van der Waals surface area (Å²) in [5, 5.41) is 9.03. The van der Waals surface area contributed by atoms with E-state index in [1.165, 1.54) is 7.11 Å². The molecule has 15 heavy (non-hydrogen) atoms. The van der Waals surface area contributed by atoms with Crippen LogP contribution in [0, 0.1) is 0 Å². The fourth-order valence-corrected chi connectivity index (χ4v) is 1.39. The minimum absolute atomic E-state index is 0.119. The Morgan fingerprint density at radius 1 is 1.60 bits per heavy atom. The number of hydrogen-bond acceptors (Lipinski definition) is 4. The third-order valence-electron chi connectivity index (χ3n) is 2.17. The number of ether oxygens (including phenoxy) is 1. The van der Waals surface area contributed by atoms with Crippen molar-refractivity contribution in [2.24, 2.45) is 0 Å². The molecule has 0 radical (unpaired) electrons. The predicted molar refractivity (Wildman–Crippen MR) is 52.5 cm³/mol. The Kier molecular flexibility index (Phi) is 2.39. The van der Waals surface area contributed by atoms with Gasteiger partial charge in [-0.2, -0.15) is 0 Å². The van der Waals surface area contributed by atoms with Gasteiger partial charge in [-0.25, -0.2) is 9.78 Å². The summed E-state index contributed by atoms with van der Waals surface area (Å²) in [7, 11) is 1.33. The number of fused-ring (bicyclic) bond motifs is 1. The highest BCUT2D eigenvalue weighted by Gasteiger charge is 2.08. The van der Waals surface area contributed by atoms with Crippen LogP contribution in [0.25, 0.3) is 5.65 Å². The molecule has 5 heteroatoms. The molecule has 0 saturated heterocycles. The van der Waals surface area contributed by atoms with Crippen LogP contribution in [0.3, 0.4) is 0 Å². The minimum atomic E-state index is -0.408. The van der Waals surface area contributed by atoms with E-state index in [9.17, 15) is 4.79 Å². The Balaban J connectivity index is 2.57. The van der Waals surface area contributed by atoms with Gasteiger partial charge in [0.1, 0.15) is 5.65 Å². The first-order valence-corrected chi connectivity index (χ1v) is 4.41. The smallest absolute Gasteiger partial charge is 0.339 e. The van der Waals surface area contributed by atoms with Gasteiger partial charge in [-0.1, -0.05) is 0 Å². The third kappa shape index (κ3) is 1.57. The van der Waals surface area contributed by atoms with Crippen LogP contribution in [0.4, 0.5) is 0 Å². The second-order valence-electron chi connectivity index (χ2n) is 3.05. The maximum atomic E-state index is 11.3. The Hall–Kier alpha value is -1.88. The molecule has 0 aliphatic rings. The van der Waals surface area contributed by atoms with Gasteiger partial charge < -0.3 is 14.2 Å². The van der Waals surface area contributed by atoms with Crippen molar-refractivity contribution in [1.29, 1.82) is 0 Å². The van der Waals surface area contributed by atoms with E-state index >= 15 is 0 Å². The molecule has 2 aromatic rings. The summed E-state index contributed by atoms with van der Waals surface area (Å²) >= 11 is 0. The van der Waals surface area contributed by atoms with Crippen molar-refractivity contribution >= 4 is 11.6 Å². The number of nitrogens with zero attached hydrogens (tertiary/aromatic N) is 2. The molecule has 0 aromatic carbocycles. The monoisotopic (exact) mass is 206 g/mol. The number of pyridine rings is 1. The van der Waals surface area contributed by atoms with Crippen LogP contribution in [-0.4, -0.2) is 27.6 Å². The second kappa shape index (κ2) is 3.70. The lowest BCUT2D eigenvalue weighted by Crippen LogP contribution is -2.03. The lowest BCUT2D eigenvalue weighted by Gasteiger charge is -2.01. The Bertz CT molecular complexity index is 504. The molecule has 0 aliphatic carbocycles. The molecular formula is C10H10N2O3. The van der Waals surface area contributed by atoms with E-state index in [1.807, 2.05) is 0 Å². The first-order chi connectivity index (χ1) is 7.26. The highest BCUT2D eigenvalue weighted by atomic mass is 16.5. The Morgan fingerprint density at radius 3 is 3.07 bits per heavy atom. The van der Waals surface area contributed by atoms with Crippen molar-refractivity contribution in [3.63, 3.8) is 0 Å². The van der Waals surface area contributed by atoms with Gasteiger partial charge in [0.2, 0.25) is 0 Å². The van der Waals surface area contributed by atoms with Crippen molar-refractivity contribution in [3.05, 3.63) is 35.8 Å². The molecule has 0 atom stereocenters. The van der Waals surface area contributed by atoms with Crippen LogP contribution in [0.1, 0.15) is 16.1 Å². The quantitative estimate of drug-likeness (QED) is 0.731. The summed E-state index contributed by atoms with van der Waals surface area (Å²) in [6.45, 7) is -0.119. The van der Waals surface area contributed by atoms with Gasteiger partial charge >= 0.3 is 5.97 Å². The molecule has 5 nitrogen and oxygen atoms in total. The van der Waals surface area contributed by atoms with Gasteiger partial charge in [0, 0.05) is 6.20 Å². The summed E-state index contributed by atoms with van der Waals surface area (Å²) in [5.74, 6) is -0.408. The summed E-state index contributed by atoms with van der Waals surface area (Å²) in [6, 6.07) is 3.33. The molecular weight excluding hydrogens is 196 g/mol. The van der Waals surface area contributed by atoms with Gasteiger partial charge in [-0.3, -0.25) is 0 Å². The standard InChI is InChI=1S/C10H10N2O3/c1-15-10(14)7-2-3-9-11-4-8(6-13)12(9)5-7/h2-5,13H,6H2,1H3. The number of esters is 1. The number of carbonyl (C=O) groups excluding carboxylic acids is 1. The number of methoxy groups -OCH3 is 1. The first-order valence-electron chi connectivity index (χ1n) is 4.41. The van der Waals surface area contributed by atoms with Crippen molar-refractivity contribution in [2.45, 2.75) is 6.61 Å². The fraction of sp³-hybridized carbons (Fsp3) is 0.200. The van der Waals surface area contributed by atoms with Crippen molar-refractivity contribution in [1.82, 2.24) is 9.38 Å². The average molecular weight is 206 g/mol. The number of aromatic nitrogens is 2. The van der Waals surface area contributed by atoms with E-state index in [-0.39, 0.29) is 6.61 Å². The van der Waals surface area contributed by atoms with Crippen molar-refractivity contribution < 1.29 is 14.6 Å². The normalized spacial score (nSPS) is 10.5. The number of rotatable bonds is 2. The molecule has 0 aliphatic heterocycles. The molecule has 0 saturated carbocycles. The molecule has 2 aromatic heterocycles. The van der Waals surface area contributed by atoms with Gasteiger partial charge in [-0.15, -0.1) is 0 Å². The summed E-state index contributed by atoms with van der Waals surface area (Å²) in [4.78, 5) is 15.3. The zero-order valence-corrected chi connectivity index (χ0v) is 8.17. The maximum absolute atomic E-state index is 11.3. The highest BCUT2D eigenvalue weighted by Crippen LogP contribution is 2.09. The molecule has 0 amide bonds. The number of carbonyl (C=O) groups is 1. The van der Waals surface area contributed by atoms with E-state index < -0.39 is 5.97 Å². The van der Waals surface area contributed by atoms with E-state index in [0.717, 1.165) is 0 Å². The number of hydrogen-bond donors (Lipinski definition) is 1. The Morgan fingerprint density at radius 2 is 2.40 bits per heavy atom. The SMILES string of the molecule is COC(=O)c1ccc2ncc(CO)n2c1. The van der Waals surface area contributed by atoms with Crippen LogP contribution in [0.15, 0.2) is 24.5 Å². The summed E-state index contributed by atoms with van der Waals surface area (Å²) < 4.78 is 6.26. The van der Waals surface area contributed by atoms with Crippen LogP contribution >= 0.6 is 0 Å². The number of aliphatic hydroxyl groups excluding tert-OH is 1. The number of imidazole rings is 1. The first kappa shape index (κ1) is 9.67. The van der Waals surface area contributed by atoms with Crippen LogP contribution in [0.5, 0.6) is 0 Å². The van der Waals surface area contributed by atoms with Crippen molar-refractivity contribution in [3.8, 4) is 0 Å². The number of aliphatic hydroxyl groups is 1. The maximum Gasteiger partial charge on any atom is 0.339 e. The van der Waals surface area contributed by atoms with Crippen molar-refractivity contribution in [2.75, 3.05) is 7.11 Å². The van der Waals surface area contributed by atoms with Crippen LogP contribution in [-0.2, 0) is 11.3 Å². The van der Waals surface area contributed by atoms with Crippen LogP contribution < -0.4 is 0 Å². The zero-order chi connectivity index (χ0) is 10.8. The molecule has 0 unspecified atom stereocenters. The van der Waals surface area contributed by atoms with Gasteiger partial charge in [0.25, 0.3) is 0 Å². The van der Waals surface area contributed by atoms with Crippen LogP contribution in [0.2, 0.25) is 0 Å². The Labute approximate surface area is 85.9 Å². The lowest BCUT2D eigenvalue weighted by molar-refractivity contribution is 0.0600. The van der Waals surface area contributed by atoms with E-state index in [4.69, 9.17) is 5.11 Å². The van der Waals surface area contributed by atoms with Gasteiger partial charge in [0.15, 0.2) is 0 Å². The molecule has 0 bridgehead atoms. The molecule has 2 heterocycles. The van der Waals surface area contributed by atoms with Gasteiger partial charge in [-0.05, 0) is 12.1 Å². The highest BCUT2D eigenvalue weighted by molar-refractivity contribution is 5.89. The molecule has 78 valence electrons. The molecule has 0 fully saturated rings. The minimum Gasteiger partial charge on any atom is -0.465 e. The summed E-state index contributed by atoms with van der Waals surface area (Å²) in [6.07, 6.45) is 3.16. The van der Waals surface area contributed by atoms with E-state index in [1.54, 1.807) is 28.9 Å². The zero-order valence-electron chi connectivity index (χ0n) is 8.17. The average Bonchev–Trinajstić information content (AvgIpc) is 2.69. The fourth-order valence-electron chi connectivity index (χ4n) is 1.39. The topological polar surface area (TPSA) is 63.8 Å². The molecule has 1 N–H and O–H groups in total. The molecule has 2 rings (SSSR count). The predicted octanol–water partition coefficient (Wildman–Crippen LogP) is 0.613. The van der Waals surface area contributed by atoms with E-state index in [2.05, 4.69) is 9.72 Å². The van der Waals surface area contributed by atoms with E-state index in [0.29, 0.717) is 16.9 Å². The molecule has 0 spiro atoms. The second-order valence-corrected chi connectivity index (χ2v) is 3.05. The third-order valence-corrected chi connectivity index (χ3v) is 2.17. The lowest BCUT2D eigenvalue weighted by atomic mass is 10.3. The van der Waals surface area contributed by atoms with Gasteiger partial charge in [0.05, 0.1) is 31.2 Å².